The van der Waals surface area contributed by atoms with Crippen molar-refractivity contribution in [2.24, 2.45) is 0 Å². The fourth-order valence-electron chi connectivity index (χ4n) is 2.26. The zero-order valence-electron chi connectivity index (χ0n) is 13.8. The maximum absolute atomic E-state index is 12.1. The zero-order valence-corrected chi connectivity index (χ0v) is 13.8. The lowest BCUT2D eigenvalue weighted by molar-refractivity contribution is -0.149. The Morgan fingerprint density at radius 3 is 2.67 bits per heavy atom. The molecule has 1 atom stereocenters. The molecule has 1 N–H and O–H groups in total. The van der Waals surface area contributed by atoms with Gasteiger partial charge in [0.15, 0.2) is 0 Å². The van der Waals surface area contributed by atoms with Gasteiger partial charge in [0.1, 0.15) is 6.10 Å². The minimum atomic E-state index is -0.262. The fraction of sp³-hybridized carbons (Fsp3) is 0.500. The van der Waals surface area contributed by atoms with Gasteiger partial charge in [-0.25, -0.2) is 0 Å². The number of carbonyl (C=O) groups is 1. The number of hydrogen-bond donors (Lipinski definition) is 1. The lowest BCUT2D eigenvalue weighted by atomic mass is 9.80. The number of esters is 1. The monoisotopic (exact) mass is 289 g/mol. The van der Waals surface area contributed by atoms with E-state index in [9.17, 15) is 4.79 Å². The summed E-state index contributed by atoms with van der Waals surface area (Å²) in [7, 11) is 1.84. The molecular formula is C18H27NO2. The van der Waals surface area contributed by atoms with Crippen molar-refractivity contribution < 1.29 is 9.53 Å². The molecule has 0 heterocycles. The van der Waals surface area contributed by atoms with Crippen molar-refractivity contribution >= 4 is 11.5 Å². The SMILES string of the molecule is C=C(C)c1cccc(C(C)(C)CC(=O)OC(C)CNC)c1. The second-order valence-corrected chi connectivity index (χ2v) is 6.28. The average molecular weight is 289 g/mol. The van der Waals surface area contributed by atoms with E-state index in [1.165, 1.54) is 0 Å². The molecule has 0 fully saturated rings. The van der Waals surface area contributed by atoms with Crippen molar-refractivity contribution in [3.8, 4) is 0 Å². The Morgan fingerprint density at radius 1 is 1.43 bits per heavy atom. The van der Waals surface area contributed by atoms with E-state index < -0.39 is 0 Å². The summed E-state index contributed by atoms with van der Waals surface area (Å²) in [5.41, 5.74) is 3.00. The molecule has 0 saturated carbocycles. The van der Waals surface area contributed by atoms with Crippen molar-refractivity contribution in [3.05, 3.63) is 42.0 Å². The molecule has 0 amide bonds. The molecule has 0 saturated heterocycles. The van der Waals surface area contributed by atoms with Crippen LogP contribution < -0.4 is 5.32 Å². The Kier molecular flexibility index (Phi) is 6.16. The quantitative estimate of drug-likeness (QED) is 0.780. The Hall–Kier alpha value is -1.61. The van der Waals surface area contributed by atoms with Crippen molar-refractivity contribution in [2.45, 2.75) is 45.6 Å². The van der Waals surface area contributed by atoms with Gasteiger partial charge in [0.2, 0.25) is 0 Å². The van der Waals surface area contributed by atoms with Crippen LogP contribution in [0.4, 0.5) is 0 Å². The third kappa shape index (κ3) is 5.35. The first kappa shape index (κ1) is 17.4. The van der Waals surface area contributed by atoms with Gasteiger partial charge in [-0.1, -0.05) is 50.3 Å². The molecule has 3 nitrogen and oxygen atoms in total. The summed E-state index contributed by atoms with van der Waals surface area (Å²) in [6.45, 7) is 12.6. The van der Waals surface area contributed by atoms with Crippen LogP contribution in [0.15, 0.2) is 30.8 Å². The molecule has 0 bridgehead atoms. The molecule has 1 aromatic carbocycles. The highest BCUT2D eigenvalue weighted by molar-refractivity contribution is 5.72. The molecule has 1 aromatic rings. The summed E-state index contributed by atoms with van der Waals surface area (Å²) in [5, 5.41) is 3.00. The van der Waals surface area contributed by atoms with Crippen LogP contribution in [0.3, 0.4) is 0 Å². The molecule has 21 heavy (non-hydrogen) atoms. The van der Waals surface area contributed by atoms with Gasteiger partial charge in [-0.05, 0) is 32.0 Å². The second kappa shape index (κ2) is 7.41. The summed E-state index contributed by atoms with van der Waals surface area (Å²) in [6.07, 6.45) is 0.251. The van der Waals surface area contributed by atoms with E-state index in [0.29, 0.717) is 13.0 Å². The van der Waals surface area contributed by atoms with E-state index in [2.05, 4.69) is 37.9 Å². The molecule has 116 valence electrons. The van der Waals surface area contributed by atoms with E-state index in [1.54, 1.807) is 0 Å². The highest BCUT2D eigenvalue weighted by atomic mass is 16.5. The minimum Gasteiger partial charge on any atom is -0.461 e. The van der Waals surface area contributed by atoms with Crippen molar-refractivity contribution in [3.63, 3.8) is 0 Å². The molecule has 0 aliphatic carbocycles. The number of hydrogen-bond acceptors (Lipinski definition) is 3. The Bertz CT molecular complexity index is 506. The van der Waals surface area contributed by atoms with E-state index in [4.69, 9.17) is 4.74 Å². The maximum Gasteiger partial charge on any atom is 0.306 e. The van der Waals surface area contributed by atoms with E-state index >= 15 is 0 Å². The van der Waals surface area contributed by atoms with Crippen LogP contribution in [0, 0.1) is 0 Å². The third-order valence-corrected chi connectivity index (χ3v) is 3.55. The number of allylic oxidation sites excluding steroid dienone is 1. The van der Waals surface area contributed by atoms with E-state index in [0.717, 1.165) is 16.7 Å². The molecule has 0 aliphatic heterocycles. The normalized spacial score (nSPS) is 12.8. The van der Waals surface area contributed by atoms with Crippen LogP contribution in [0.2, 0.25) is 0 Å². The van der Waals surface area contributed by atoms with Crippen LogP contribution >= 0.6 is 0 Å². The third-order valence-electron chi connectivity index (χ3n) is 3.55. The van der Waals surface area contributed by atoms with Gasteiger partial charge in [-0.2, -0.15) is 0 Å². The van der Waals surface area contributed by atoms with Crippen molar-refractivity contribution in [1.29, 1.82) is 0 Å². The summed E-state index contributed by atoms with van der Waals surface area (Å²) in [5.74, 6) is -0.163. The number of ether oxygens (including phenoxy) is 1. The smallest absolute Gasteiger partial charge is 0.306 e. The van der Waals surface area contributed by atoms with Crippen LogP contribution in [0.5, 0.6) is 0 Å². The van der Waals surface area contributed by atoms with E-state index in [-0.39, 0.29) is 17.5 Å². The van der Waals surface area contributed by atoms with Crippen LogP contribution in [-0.4, -0.2) is 25.7 Å². The molecule has 3 heteroatoms. The first-order valence-corrected chi connectivity index (χ1v) is 7.37. The topological polar surface area (TPSA) is 38.3 Å². The molecule has 1 rings (SSSR count). The van der Waals surface area contributed by atoms with Gasteiger partial charge in [0.05, 0.1) is 6.42 Å². The minimum absolute atomic E-state index is 0.111. The lowest BCUT2D eigenvalue weighted by Crippen LogP contribution is -2.29. The average Bonchev–Trinajstić information content (AvgIpc) is 2.38. The first-order chi connectivity index (χ1) is 9.76. The summed E-state index contributed by atoms with van der Waals surface area (Å²) < 4.78 is 5.41. The predicted octanol–water partition coefficient (Wildman–Crippen LogP) is 3.54. The zero-order chi connectivity index (χ0) is 16.0. The molecule has 0 radical (unpaired) electrons. The van der Waals surface area contributed by atoms with Crippen molar-refractivity contribution in [1.82, 2.24) is 5.32 Å². The van der Waals surface area contributed by atoms with Gasteiger partial charge in [0, 0.05) is 12.0 Å². The van der Waals surface area contributed by atoms with Gasteiger partial charge in [-0.15, -0.1) is 0 Å². The Labute approximate surface area is 128 Å². The predicted molar refractivity (Wildman–Crippen MR) is 88.3 cm³/mol. The van der Waals surface area contributed by atoms with Crippen LogP contribution in [0.1, 0.15) is 45.2 Å². The number of likely N-dealkylation sites (N-methyl/N-ethyl adjacent to an activating group) is 1. The second-order valence-electron chi connectivity index (χ2n) is 6.28. The summed E-state index contributed by atoms with van der Waals surface area (Å²) in [4.78, 5) is 12.1. The molecule has 0 aliphatic rings. The van der Waals surface area contributed by atoms with Gasteiger partial charge < -0.3 is 10.1 Å². The number of nitrogens with one attached hydrogen (secondary N) is 1. The fourth-order valence-corrected chi connectivity index (χ4v) is 2.26. The number of benzene rings is 1. The molecule has 1 unspecified atom stereocenters. The standard InChI is InChI=1S/C18H27NO2/c1-13(2)15-8-7-9-16(10-15)18(4,5)11-17(20)21-14(3)12-19-6/h7-10,14,19H,1,11-12H2,2-6H3. The highest BCUT2D eigenvalue weighted by Crippen LogP contribution is 2.29. The van der Waals surface area contributed by atoms with Gasteiger partial charge >= 0.3 is 5.97 Å². The maximum atomic E-state index is 12.1. The van der Waals surface area contributed by atoms with E-state index in [1.807, 2.05) is 33.0 Å². The largest absolute Gasteiger partial charge is 0.461 e. The summed E-state index contributed by atoms with van der Waals surface area (Å²) >= 11 is 0. The summed E-state index contributed by atoms with van der Waals surface area (Å²) in [6, 6.07) is 8.20. The Morgan fingerprint density at radius 2 is 2.10 bits per heavy atom. The molecule has 0 spiro atoms. The van der Waals surface area contributed by atoms with Crippen LogP contribution in [0.25, 0.3) is 5.57 Å². The highest BCUT2D eigenvalue weighted by Gasteiger charge is 2.26. The van der Waals surface area contributed by atoms with Crippen LogP contribution in [-0.2, 0) is 14.9 Å². The number of carbonyl (C=O) groups excluding carboxylic acids is 1. The molecule has 0 aromatic heterocycles. The van der Waals surface area contributed by atoms with Gasteiger partial charge in [0.25, 0.3) is 0 Å². The Balaban J connectivity index is 2.78. The number of rotatable bonds is 7. The van der Waals surface area contributed by atoms with Crippen molar-refractivity contribution in [2.75, 3.05) is 13.6 Å². The lowest BCUT2D eigenvalue weighted by Gasteiger charge is -2.25. The van der Waals surface area contributed by atoms with Gasteiger partial charge in [-0.3, -0.25) is 4.79 Å². The molecular weight excluding hydrogens is 262 g/mol. The first-order valence-electron chi connectivity index (χ1n) is 7.37.